The monoisotopic (exact) mass is 410 g/mol. The molecule has 0 atom stereocenters. The van der Waals surface area contributed by atoms with Gasteiger partial charge in [0.05, 0.1) is 12.3 Å². The summed E-state index contributed by atoms with van der Waals surface area (Å²) in [6, 6.07) is 14.3. The Morgan fingerprint density at radius 2 is 1.73 bits per heavy atom. The minimum atomic E-state index is -0.530. The maximum absolute atomic E-state index is 13.1. The molecule has 0 unspecified atom stereocenters. The van der Waals surface area contributed by atoms with Crippen LogP contribution in [-0.2, 0) is 4.74 Å². The van der Waals surface area contributed by atoms with E-state index in [0.717, 1.165) is 4.68 Å². The molecule has 1 aromatic heterocycles. The van der Waals surface area contributed by atoms with Crippen molar-refractivity contribution in [2.45, 2.75) is 6.92 Å². The average molecular weight is 410 g/mol. The van der Waals surface area contributed by atoms with Gasteiger partial charge in [-0.3, -0.25) is 14.5 Å². The predicted octanol–water partition coefficient (Wildman–Crippen LogP) is 3.22. The van der Waals surface area contributed by atoms with Gasteiger partial charge in [0.2, 0.25) is 0 Å². The van der Waals surface area contributed by atoms with Crippen molar-refractivity contribution < 1.29 is 18.7 Å². The summed E-state index contributed by atoms with van der Waals surface area (Å²) in [5.41, 5.74) is 0.954. The normalized spacial score (nSPS) is 10.4. The summed E-state index contributed by atoms with van der Waals surface area (Å²) in [7, 11) is 1.58. The molecule has 2 amide bonds. The van der Waals surface area contributed by atoms with E-state index in [1.165, 1.54) is 41.3 Å². The molecule has 0 aliphatic carbocycles. The number of nitrogens with zero attached hydrogens (tertiary/aromatic N) is 3. The third-order valence-electron chi connectivity index (χ3n) is 4.16. The maximum Gasteiger partial charge on any atom is 0.413 e. The standard InChI is InChI=1S/C21H19FN4O4/c1-3-30-21(29)25(2)16-10-6-15(7-11-16)23-20(28)18-12-13-19(27)26(24-18)17-8-4-14(22)5-9-17/h4-13H,3H2,1-2H3,(H,23,28). The molecule has 154 valence electrons. The molecule has 1 N–H and O–H groups in total. The molecule has 3 aromatic rings. The van der Waals surface area contributed by atoms with E-state index in [9.17, 15) is 18.8 Å². The Bertz CT molecular complexity index is 1110. The molecule has 0 aliphatic rings. The van der Waals surface area contributed by atoms with Crippen molar-refractivity contribution in [1.29, 1.82) is 0 Å². The van der Waals surface area contributed by atoms with Crippen LogP contribution in [0.3, 0.4) is 0 Å². The average Bonchev–Trinajstić information content (AvgIpc) is 2.75. The number of aromatic nitrogens is 2. The highest BCUT2D eigenvalue weighted by Gasteiger charge is 2.13. The van der Waals surface area contributed by atoms with E-state index >= 15 is 0 Å². The van der Waals surface area contributed by atoms with Crippen LogP contribution in [0.2, 0.25) is 0 Å². The second-order valence-electron chi connectivity index (χ2n) is 6.20. The maximum atomic E-state index is 13.1. The molecule has 8 nitrogen and oxygen atoms in total. The number of benzene rings is 2. The van der Waals surface area contributed by atoms with Gasteiger partial charge in [-0.1, -0.05) is 0 Å². The van der Waals surface area contributed by atoms with Gasteiger partial charge in [-0.05, 0) is 61.5 Å². The summed E-state index contributed by atoms with van der Waals surface area (Å²) in [5.74, 6) is -0.977. The van der Waals surface area contributed by atoms with Crippen LogP contribution in [0.1, 0.15) is 17.4 Å². The number of rotatable bonds is 5. The molecular weight excluding hydrogens is 391 g/mol. The van der Waals surface area contributed by atoms with Gasteiger partial charge >= 0.3 is 6.09 Å². The Hall–Kier alpha value is -4.01. The lowest BCUT2D eigenvalue weighted by molar-refractivity contribution is 0.102. The number of carbonyl (C=O) groups excluding carboxylic acids is 2. The Labute approximate surface area is 171 Å². The van der Waals surface area contributed by atoms with Crippen molar-refractivity contribution in [3.63, 3.8) is 0 Å². The number of anilines is 2. The first-order chi connectivity index (χ1) is 14.4. The molecule has 0 bridgehead atoms. The summed E-state index contributed by atoms with van der Waals surface area (Å²) in [5, 5.41) is 6.73. The first kappa shape index (κ1) is 20.7. The van der Waals surface area contributed by atoms with Crippen molar-refractivity contribution >= 4 is 23.4 Å². The number of amides is 2. The van der Waals surface area contributed by atoms with Crippen LogP contribution in [-0.4, -0.2) is 35.4 Å². The first-order valence-electron chi connectivity index (χ1n) is 9.07. The van der Waals surface area contributed by atoms with Gasteiger partial charge in [-0.25, -0.2) is 9.18 Å². The molecule has 0 radical (unpaired) electrons. The van der Waals surface area contributed by atoms with Crippen LogP contribution in [0, 0.1) is 5.82 Å². The molecule has 1 heterocycles. The lowest BCUT2D eigenvalue weighted by Crippen LogP contribution is -2.27. The molecule has 0 saturated heterocycles. The molecule has 30 heavy (non-hydrogen) atoms. The highest BCUT2D eigenvalue weighted by atomic mass is 19.1. The fourth-order valence-electron chi connectivity index (χ4n) is 2.59. The summed E-state index contributed by atoms with van der Waals surface area (Å²) >= 11 is 0. The van der Waals surface area contributed by atoms with E-state index in [4.69, 9.17) is 4.74 Å². The molecule has 0 aliphatic heterocycles. The van der Waals surface area contributed by atoms with Gasteiger partial charge in [0.15, 0.2) is 0 Å². The Balaban J connectivity index is 1.76. The van der Waals surface area contributed by atoms with Crippen LogP contribution in [0.4, 0.5) is 20.6 Å². The molecular formula is C21H19FN4O4. The minimum Gasteiger partial charge on any atom is -0.449 e. The highest BCUT2D eigenvalue weighted by molar-refractivity contribution is 6.02. The number of hydrogen-bond acceptors (Lipinski definition) is 5. The van der Waals surface area contributed by atoms with Crippen molar-refractivity contribution in [2.24, 2.45) is 0 Å². The van der Waals surface area contributed by atoms with Gasteiger partial charge in [0, 0.05) is 24.5 Å². The Morgan fingerprint density at radius 3 is 2.37 bits per heavy atom. The minimum absolute atomic E-state index is 0.00615. The summed E-state index contributed by atoms with van der Waals surface area (Å²) in [6.07, 6.45) is -0.485. The first-order valence-corrected chi connectivity index (χ1v) is 9.07. The lowest BCUT2D eigenvalue weighted by Gasteiger charge is -2.17. The molecule has 2 aromatic carbocycles. The van der Waals surface area contributed by atoms with Crippen molar-refractivity contribution in [3.8, 4) is 5.69 Å². The van der Waals surface area contributed by atoms with Gasteiger partial charge in [-0.2, -0.15) is 9.78 Å². The van der Waals surface area contributed by atoms with E-state index in [2.05, 4.69) is 10.4 Å². The van der Waals surface area contributed by atoms with Crippen LogP contribution in [0.15, 0.2) is 65.5 Å². The highest BCUT2D eigenvalue weighted by Crippen LogP contribution is 2.18. The van der Waals surface area contributed by atoms with Crippen molar-refractivity contribution in [3.05, 3.63) is 82.5 Å². The zero-order valence-corrected chi connectivity index (χ0v) is 16.3. The molecule has 3 rings (SSSR count). The summed E-state index contributed by atoms with van der Waals surface area (Å²) in [6.45, 7) is 1.99. The van der Waals surface area contributed by atoms with Crippen LogP contribution >= 0.6 is 0 Å². The summed E-state index contributed by atoms with van der Waals surface area (Å²) in [4.78, 5) is 37.7. The van der Waals surface area contributed by atoms with Gasteiger partial charge in [-0.15, -0.1) is 0 Å². The van der Waals surface area contributed by atoms with Crippen LogP contribution in [0.5, 0.6) is 0 Å². The molecule has 9 heteroatoms. The van der Waals surface area contributed by atoms with Crippen molar-refractivity contribution in [2.75, 3.05) is 23.9 Å². The van der Waals surface area contributed by atoms with Gasteiger partial charge < -0.3 is 10.1 Å². The Morgan fingerprint density at radius 1 is 1.07 bits per heavy atom. The molecule has 0 spiro atoms. The van der Waals surface area contributed by atoms with E-state index < -0.39 is 23.4 Å². The summed E-state index contributed by atoms with van der Waals surface area (Å²) < 4.78 is 19.1. The number of ether oxygens (including phenoxy) is 1. The van der Waals surface area contributed by atoms with Crippen LogP contribution in [0.25, 0.3) is 5.69 Å². The smallest absolute Gasteiger partial charge is 0.413 e. The number of halogens is 1. The zero-order valence-electron chi connectivity index (χ0n) is 16.3. The van der Waals surface area contributed by atoms with Crippen LogP contribution < -0.4 is 15.8 Å². The molecule has 0 saturated carbocycles. The van der Waals surface area contributed by atoms with E-state index in [1.807, 2.05) is 0 Å². The van der Waals surface area contributed by atoms with Gasteiger partial charge in [0.1, 0.15) is 11.5 Å². The third kappa shape index (κ3) is 4.69. The fourth-order valence-corrected chi connectivity index (χ4v) is 2.59. The zero-order chi connectivity index (χ0) is 21.7. The second-order valence-corrected chi connectivity index (χ2v) is 6.20. The number of nitrogens with one attached hydrogen (secondary N) is 1. The lowest BCUT2D eigenvalue weighted by atomic mass is 10.2. The third-order valence-corrected chi connectivity index (χ3v) is 4.16. The quantitative estimate of drug-likeness (QED) is 0.697. The number of hydrogen-bond donors (Lipinski definition) is 1. The fraction of sp³-hybridized carbons (Fsp3) is 0.143. The van der Waals surface area contributed by atoms with E-state index in [1.54, 1.807) is 38.2 Å². The Kier molecular flexibility index (Phi) is 6.21. The van der Waals surface area contributed by atoms with E-state index in [-0.39, 0.29) is 12.3 Å². The topological polar surface area (TPSA) is 93.5 Å². The number of carbonyl (C=O) groups is 2. The predicted molar refractivity (Wildman–Crippen MR) is 110 cm³/mol. The van der Waals surface area contributed by atoms with Crippen molar-refractivity contribution in [1.82, 2.24) is 9.78 Å². The molecule has 0 fully saturated rings. The SMILES string of the molecule is CCOC(=O)N(C)c1ccc(NC(=O)c2ccc(=O)n(-c3ccc(F)cc3)n2)cc1. The van der Waals surface area contributed by atoms with E-state index in [0.29, 0.717) is 17.1 Å². The second kappa shape index (κ2) is 8.99. The van der Waals surface area contributed by atoms with Gasteiger partial charge in [0.25, 0.3) is 11.5 Å². The largest absolute Gasteiger partial charge is 0.449 e.